The molecule has 0 saturated carbocycles. The smallest absolute Gasteiger partial charge is 0.416 e. The molecule has 0 spiro atoms. The molecule has 196 valence electrons. The van der Waals surface area contributed by atoms with Crippen LogP contribution in [0.2, 0.25) is 0 Å². The molecule has 1 aromatic carbocycles. The summed E-state index contributed by atoms with van der Waals surface area (Å²) in [6, 6.07) is 3.33. The van der Waals surface area contributed by atoms with Crippen molar-refractivity contribution in [2.45, 2.75) is 44.2 Å². The quantitative estimate of drug-likeness (QED) is 0.447. The van der Waals surface area contributed by atoms with Gasteiger partial charge in [-0.1, -0.05) is 29.9 Å². The number of halogens is 3. The third kappa shape index (κ3) is 6.41. The van der Waals surface area contributed by atoms with E-state index in [1.807, 2.05) is 12.2 Å². The van der Waals surface area contributed by atoms with E-state index in [2.05, 4.69) is 11.1 Å². The molecule has 4 rings (SSSR count). The number of nitrogens with two attached hydrogens (primary N) is 2. The lowest BCUT2D eigenvalue weighted by Gasteiger charge is -2.34. The number of amides is 2. The van der Waals surface area contributed by atoms with Gasteiger partial charge in [-0.3, -0.25) is 9.59 Å². The first-order valence-electron chi connectivity index (χ1n) is 11.8. The number of likely N-dealkylation sites (tertiary alicyclic amines) is 1. The Morgan fingerprint density at radius 1 is 1.14 bits per heavy atom. The Morgan fingerprint density at radius 3 is 2.54 bits per heavy atom. The SMILES string of the molecule is NC(N)=NC(=O)c1ccc(C2CCN(C(=O)C3=COC=C(CC4=CC=CCC4)O3)CC2)c(C(F)(F)F)c1. The molecule has 2 amide bonds. The highest BCUT2D eigenvalue weighted by Crippen LogP contribution is 2.39. The van der Waals surface area contributed by atoms with E-state index in [-0.39, 0.29) is 35.9 Å². The van der Waals surface area contributed by atoms with Gasteiger partial charge in [0.05, 0.1) is 5.56 Å². The van der Waals surface area contributed by atoms with Gasteiger partial charge in [0.15, 0.2) is 5.96 Å². The van der Waals surface area contributed by atoms with Crippen LogP contribution in [0.5, 0.6) is 0 Å². The zero-order chi connectivity index (χ0) is 26.6. The van der Waals surface area contributed by atoms with Gasteiger partial charge in [-0.15, -0.1) is 0 Å². The highest BCUT2D eigenvalue weighted by Gasteiger charge is 2.37. The monoisotopic (exact) mass is 516 g/mol. The fourth-order valence-corrected chi connectivity index (χ4v) is 4.58. The molecule has 0 radical (unpaired) electrons. The fourth-order valence-electron chi connectivity index (χ4n) is 4.58. The first-order chi connectivity index (χ1) is 17.6. The van der Waals surface area contributed by atoms with Gasteiger partial charge in [-0.05, 0) is 49.3 Å². The molecular weight excluding hydrogens is 489 g/mol. The Balaban J connectivity index is 1.41. The summed E-state index contributed by atoms with van der Waals surface area (Å²) in [5, 5.41) is 0. The van der Waals surface area contributed by atoms with Crippen LogP contribution in [0.25, 0.3) is 0 Å². The van der Waals surface area contributed by atoms with Crippen molar-refractivity contribution in [3.63, 3.8) is 0 Å². The van der Waals surface area contributed by atoms with E-state index in [0.717, 1.165) is 18.9 Å². The van der Waals surface area contributed by atoms with Crippen molar-refractivity contribution in [3.05, 3.63) is 82.7 Å². The number of carbonyl (C=O) groups excluding carboxylic acids is 2. The van der Waals surface area contributed by atoms with Crippen molar-refractivity contribution in [1.82, 2.24) is 4.90 Å². The standard InChI is InChI=1S/C26H27F3N4O4/c27-26(28,29)21-13-18(23(34)32-25(30)31)6-7-20(21)17-8-10-33(11-9-17)24(35)22-15-36-14-19(37-22)12-16-4-2-1-3-5-16/h1-2,4,6-7,13-15,17H,3,5,8-12H2,(H4,30,31,32,34). The van der Waals surface area contributed by atoms with Crippen LogP contribution in [0, 0.1) is 0 Å². The number of guanidine groups is 1. The molecular formula is C26H27F3N4O4. The Hall–Kier alpha value is -4.02. The average molecular weight is 517 g/mol. The lowest BCUT2D eigenvalue weighted by atomic mass is 9.85. The molecule has 0 unspecified atom stereocenters. The topological polar surface area (TPSA) is 120 Å². The van der Waals surface area contributed by atoms with Crippen molar-refractivity contribution in [2.75, 3.05) is 13.1 Å². The van der Waals surface area contributed by atoms with E-state index in [4.69, 9.17) is 20.9 Å². The number of hydrogen-bond donors (Lipinski definition) is 2. The molecule has 2 aliphatic heterocycles. The van der Waals surface area contributed by atoms with Crippen molar-refractivity contribution in [3.8, 4) is 0 Å². The van der Waals surface area contributed by atoms with Gasteiger partial charge >= 0.3 is 6.18 Å². The van der Waals surface area contributed by atoms with Crippen molar-refractivity contribution < 1.29 is 32.2 Å². The molecule has 11 heteroatoms. The van der Waals surface area contributed by atoms with Crippen molar-refractivity contribution in [2.24, 2.45) is 16.5 Å². The van der Waals surface area contributed by atoms with Gasteiger partial charge in [0.1, 0.15) is 18.3 Å². The maximum atomic E-state index is 13.8. The van der Waals surface area contributed by atoms with E-state index in [1.165, 1.54) is 30.2 Å². The molecule has 1 fully saturated rings. The number of nitrogens with zero attached hydrogens (tertiary/aromatic N) is 2. The number of rotatable bonds is 5. The van der Waals surface area contributed by atoms with Crippen LogP contribution in [0.15, 0.2) is 71.0 Å². The van der Waals surface area contributed by atoms with Crippen LogP contribution in [-0.2, 0) is 20.4 Å². The number of allylic oxidation sites excluding steroid dienone is 4. The molecule has 37 heavy (non-hydrogen) atoms. The third-order valence-corrected chi connectivity index (χ3v) is 6.39. The van der Waals surface area contributed by atoms with Gasteiger partial charge in [0, 0.05) is 25.1 Å². The van der Waals surface area contributed by atoms with Crippen LogP contribution in [0.1, 0.15) is 59.5 Å². The Kier molecular flexibility index (Phi) is 7.70. The normalized spacial score (nSPS) is 18.1. The molecule has 0 atom stereocenters. The first kappa shape index (κ1) is 26.1. The molecule has 3 aliphatic rings. The maximum Gasteiger partial charge on any atom is 0.416 e. The van der Waals surface area contributed by atoms with Gasteiger partial charge in [-0.25, -0.2) is 0 Å². The van der Waals surface area contributed by atoms with E-state index in [9.17, 15) is 22.8 Å². The summed E-state index contributed by atoms with van der Waals surface area (Å²) in [4.78, 5) is 29.9. The second-order valence-electron chi connectivity index (χ2n) is 8.98. The highest BCUT2D eigenvalue weighted by atomic mass is 19.4. The number of hydrogen-bond acceptors (Lipinski definition) is 4. The number of ether oxygens (including phenoxy) is 2. The summed E-state index contributed by atoms with van der Waals surface area (Å²) in [6.07, 6.45) is 7.09. The number of aliphatic imine (C=N–C) groups is 1. The lowest BCUT2D eigenvalue weighted by Crippen LogP contribution is -2.39. The molecule has 1 saturated heterocycles. The maximum absolute atomic E-state index is 13.8. The molecule has 4 N–H and O–H groups in total. The number of piperidine rings is 1. The first-order valence-corrected chi connectivity index (χ1v) is 11.8. The summed E-state index contributed by atoms with van der Waals surface area (Å²) in [5.74, 6) is -1.75. The zero-order valence-electron chi connectivity index (χ0n) is 20.0. The van der Waals surface area contributed by atoms with Gasteiger partial charge in [-0.2, -0.15) is 18.2 Å². The summed E-state index contributed by atoms with van der Waals surface area (Å²) in [6.45, 7) is 0.482. The summed E-state index contributed by atoms with van der Waals surface area (Å²) in [7, 11) is 0. The lowest BCUT2D eigenvalue weighted by molar-refractivity contribution is -0.139. The number of benzene rings is 1. The zero-order valence-corrected chi connectivity index (χ0v) is 20.0. The van der Waals surface area contributed by atoms with Crippen LogP contribution < -0.4 is 11.5 Å². The van der Waals surface area contributed by atoms with Crippen LogP contribution in [-0.4, -0.2) is 35.8 Å². The van der Waals surface area contributed by atoms with E-state index in [0.29, 0.717) is 25.0 Å². The predicted octanol–water partition coefficient (Wildman–Crippen LogP) is 4.22. The van der Waals surface area contributed by atoms with Gasteiger partial charge in [0.25, 0.3) is 11.8 Å². The van der Waals surface area contributed by atoms with E-state index in [1.54, 1.807) is 4.90 Å². The van der Waals surface area contributed by atoms with E-state index < -0.39 is 29.5 Å². The van der Waals surface area contributed by atoms with Crippen LogP contribution in [0.3, 0.4) is 0 Å². The number of alkyl halides is 3. The Morgan fingerprint density at radius 2 is 1.89 bits per heavy atom. The summed E-state index contributed by atoms with van der Waals surface area (Å²) in [5.41, 5.74) is 10.4. The summed E-state index contributed by atoms with van der Waals surface area (Å²) < 4.78 is 52.7. The Bertz CT molecular complexity index is 1220. The minimum Gasteiger partial charge on any atom is -0.465 e. The van der Waals surface area contributed by atoms with Crippen LogP contribution >= 0.6 is 0 Å². The number of carbonyl (C=O) groups is 2. The van der Waals surface area contributed by atoms with Gasteiger partial charge in [0.2, 0.25) is 5.76 Å². The highest BCUT2D eigenvalue weighted by molar-refractivity contribution is 6.02. The minimum atomic E-state index is -4.68. The summed E-state index contributed by atoms with van der Waals surface area (Å²) >= 11 is 0. The largest absolute Gasteiger partial charge is 0.465 e. The molecule has 8 nitrogen and oxygen atoms in total. The van der Waals surface area contributed by atoms with Gasteiger partial charge < -0.3 is 25.8 Å². The fraction of sp³-hybridized carbons (Fsp3) is 0.346. The van der Waals surface area contributed by atoms with Crippen LogP contribution in [0.4, 0.5) is 13.2 Å². The van der Waals surface area contributed by atoms with E-state index >= 15 is 0 Å². The predicted molar refractivity (Wildman–Crippen MR) is 130 cm³/mol. The molecule has 1 aromatic rings. The molecule has 0 aromatic heterocycles. The average Bonchev–Trinajstić information content (AvgIpc) is 2.88. The molecule has 0 bridgehead atoms. The third-order valence-electron chi connectivity index (χ3n) is 6.39. The van der Waals surface area contributed by atoms with Crippen molar-refractivity contribution in [1.29, 1.82) is 0 Å². The second-order valence-corrected chi connectivity index (χ2v) is 8.98. The Labute approximate surface area is 211 Å². The molecule has 2 heterocycles. The minimum absolute atomic E-state index is 0.0430. The van der Waals surface area contributed by atoms with Crippen molar-refractivity contribution >= 4 is 17.8 Å². The molecule has 1 aliphatic carbocycles. The second kappa shape index (κ2) is 10.9.